The predicted molar refractivity (Wildman–Crippen MR) is 58.1 cm³/mol. The number of hydrogen-bond acceptors (Lipinski definition) is 2. The molecular weight excluding hydrogens is 192 g/mol. The van der Waals surface area contributed by atoms with E-state index in [0.29, 0.717) is 12.4 Å². The summed E-state index contributed by atoms with van der Waals surface area (Å²) in [7, 11) is 0. The molecule has 1 rings (SSSR count). The van der Waals surface area contributed by atoms with Gasteiger partial charge in [-0.3, -0.25) is 4.79 Å². The van der Waals surface area contributed by atoms with E-state index in [9.17, 15) is 4.79 Å². The Morgan fingerprint density at radius 2 is 2.33 bits per heavy atom. The van der Waals surface area contributed by atoms with Gasteiger partial charge in [0.25, 0.3) is 0 Å². The van der Waals surface area contributed by atoms with Gasteiger partial charge in [0.2, 0.25) is 0 Å². The van der Waals surface area contributed by atoms with Gasteiger partial charge in [-0.25, -0.2) is 0 Å². The zero-order chi connectivity index (χ0) is 11.1. The molecule has 1 N–H and O–H groups in total. The van der Waals surface area contributed by atoms with Crippen molar-refractivity contribution in [3.05, 3.63) is 42.5 Å². The zero-order valence-electron chi connectivity index (χ0n) is 8.48. The molecule has 1 aromatic rings. The Morgan fingerprint density at radius 1 is 1.53 bits per heavy atom. The van der Waals surface area contributed by atoms with E-state index in [4.69, 9.17) is 9.84 Å². The second-order valence-corrected chi connectivity index (χ2v) is 3.14. The number of benzene rings is 1. The van der Waals surface area contributed by atoms with Crippen molar-refractivity contribution in [1.29, 1.82) is 0 Å². The van der Waals surface area contributed by atoms with Crippen LogP contribution >= 0.6 is 0 Å². The molecule has 0 saturated carbocycles. The van der Waals surface area contributed by atoms with Crippen molar-refractivity contribution in [2.24, 2.45) is 0 Å². The summed E-state index contributed by atoms with van der Waals surface area (Å²) in [6.07, 6.45) is 2.59. The molecule has 0 heterocycles. The molecule has 0 radical (unpaired) electrons. The number of carboxylic acid groups (broad SMARTS) is 1. The maximum Gasteiger partial charge on any atom is 0.307 e. The average Bonchev–Trinajstić information content (AvgIpc) is 2.18. The minimum Gasteiger partial charge on any atom is -0.493 e. The third-order valence-corrected chi connectivity index (χ3v) is 1.84. The van der Waals surface area contributed by atoms with Crippen molar-refractivity contribution in [3.63, 3.8) is 0 Å². The third kappa shape index (κ3) is 4.31. The molecule has 1 aromatic carbocycles. The lowest BCUT2D eigenvalue weighted by Crippen LogP contribution is -2.01. The first kappa shape index (κ1) is 11.3. The lowest BCUT2D eigenvalue weighted by molar-refractivity contribution is -0.136. The number of carboxylic acids is 1. The third-order valence-electron chi connectivity index (χ3n) is 1.84. The minimum absolute atomic E-state index is 0.0264. The largest absolute Gasteiger partial charge is 0.493 e. The van der Waals surface area contributed by atoms with Crippen LogP contribution in [0, 0.1) is 0 Å². The van der Waals surface area contributed by atoms with E-state index in [-0.39, 0.29) is 6.42 Å². The van der Waals surface area contributed by atoms with E-state index in [1.165, 1.54) is 0 Å². The fraction of sp³-hybridized carbons (Fsp3) is 0.250. The van der Waals surface area contributed by atoms with Crippen LogP contribution in [0.15, 0.2) is 36.9 Å². The quantitative estimate of drug-likeness (QED) is 0.573. The van der Waals surface area contributed by atoms with Gasteiger partial charge in [0.05, 0.1) is 13.0 Å². The molecule has 0 spiro atoms. The molecule has 0 atom stereocenters. The van der Waals surface area contributed by atoms with E-state index in [2.05, 4.69) is 6.58 Å². The SMILES string of the molecule is C=CCCOc1cccc(CC(=O)O)c1. The van der Waals surface area contributed by atoms with Crippen molar-refractivity contribution < 1.29 is 14.6 Å². The van der Waals surface area contributed by atoms with Gasteiger partial charge in [-0.15, -0.1) is 6.58 Å². The van der Waals surface area contributed by atoms with Crippen LogP contribution in [0.5, 0.6) is 5.75 Å². The highest BCUT2D eigenvalue weighted by molar-refractivity contribution is 5.70. The van der Waals surface area contributed by atoms with E-state index < -0.39 is 5.97 Å². The van der Waals surface area contributed by atoms with Gasteiger partial charge in [0.1, 0.15) is 5.75 Å². The molecular formula is C12H14O3. The first-order valence-corrected chi connectivity index (χ1v) is 4.77. The highest BCUT2D eigenvalue weighted by Gasteiger charge is 2.01. The van der Waals surface area contributed by atoms with Crippen LogP contribution in [0.2, 0.25) is 0 Å². The van der Waals surface area contributed by atoms with Crippen LogP contribution in [0.4, 0.5) is 0 Å². The first-order valence-electron chi connectivity index (χ1n) is 4.77. The van der Waals surface area contributed by atoms with Crippen molar-refractivity contribution in [3.8, 4) is 5.75 Å². The number of rotatable bonds is 6. The van der Waals surface area contributed by atoms with Crippen LogP contribution in [0.3, 0.4) is 0 Å². The summed E-state index contributed by atoms with van der Waals surface area (Å²) in [5.41, 5.74) is 0.749. The lowest BCUT2D eigenvalue weighted by Gasteiger charge is -2.05. The first-order chi connectivity index (χ1) is 7.22. The second kappa shape index (κ2) is 5.86. The van der Waals surface area contributed by atoms with Crippen LogP contribution in [0.1, 0.15) is 12.0 Å². The summed E-state index contributed by atoms with van der Waals surface area (Å²) < 4.78 is 5.40. The Labute approximate surface area is 89.0 Å². The molecule has 0 unspecified atom stereocenters. The standard InChI is InChI=1S/C12H14O3/c1-2-3-7-15-11-6-4-5-10(8-11)9-12(13)14/h2,4-6,8H,1,3,7,9H2,(H,13,14). The minimum atomic E-state index is -0.835. The second-order valence-electron chi connectivity index (χ2n) is 3.14. The fourth-order valence-corrected chi connectivity index (χ4v) is 1.18. The van der Waals surface area contributed by atoms with Crippen LogP contribution < -0.4 is 4.74 Å². The smallest absolute Gasteiger partial charge is 0.307 e. The monoisotopic (exact) mass is 206 g/mol. The molecule has 0 bridgehead atoms. The van der Waals surface area contributed by atoms with E-state index in [1.54, 1.807) is 24.3 Å². The van der Waals surface area contributed by atoms with E-state index in [0.717, 1.165) is 12.0 Å². The Hall–Kier alpha value is -1.77. The van der Waals surface area contributed by atoms with Crippen molar-refractivity contribution in [1.82, 2.24) is 0 Å². The average molecular weight is 206 g/mol. The Bertz CT molecular complexity index is 344. The predicted octanol–water partition coefficient (Wildman–Crippen LogP) is 2.27. The lowest BCUT2D eigenvalue weighted by atomic mass is 10.1. The summed E-state index contributed by atoms with van der Waals surface area (Å²) in [5, 5.41) is 8.62. The number of carbonyl (C=O) groups is 1. The van der Waals surface area contributed by atoms with Gasteiger partial charge in [0.15, 0.2) is 0 Å². The summed E-state index contributed by atoms with van der Waals surface area (Å²) >= 11 is 0. The molecule has 0 amide bonds. The maximum absolute atomic E-state index is 10.5. The van der Waals surface area contributed by atoms with Gasteiger partial charge in [-0.1, -0.05) is 18.2 Å². The fourth-order valence-electron chi connectivity index (χ4n) is 1.18. The van der Waals surface area contributed by atoms with E-state index in [1.807, 2.05) is 6.07 Å². The number of aliphatic carboxylic acids is 1. The molecule has 0 aliphatic carbocycles. The molecule has 3 nitrogen and oxygen atoms in total. The summed E-state index contributed by atoms with van der Waals surface area (Å²) in [5.74, 6) is -0.131. The van der Waals surface area contributed by atoms with Gasteiger partial charge >= 0.3 is 5.97 Å². The molecule has 0 aromatic heterocycles. The zero-order valence-corrected chi connectivity index (χ0v) is 8.48. The van der Waals surface area contributed by atoms with Gasteiger partial charge in [-0.05, 0) is 24.1 Å². The Balaban J connectivity index is 2.57. The van der Waals surface area contributed by atoms with E-state index >= 15 is 0 Å². The highest BCUT2D eigenvalue weighted by atomic mass is 16.5. The molecule has 3 heteroatoms. The van der Waals surface area contributed by atoms with Crippen LogP contribution in [0.25, 0.3) is 0 Å². The Morgan fingerprint density at radius 3 is 3.00 bits per heavy atom. The molecule has 80 valence electrons. The van der Waals surface area contributed by atoms with Gasteiger partial charge in [0, 0.05) is 0 Å². The number of hydrogen-bond donors (Lipinski definition) is 1. The van der Waals surface area contributed by atoms with Crippen molar-refractivity contribution in [2.45, 2.75) is 12.8 Å². The topological polar surface area (TPSA) is 46.5 Å². The van der Waals surface area contributed by atoms with Crippen molar-refractivity contribution >= 4 is 5.97 Å². The maximum atomic E-state index is 10.5. The van der Waals surface area contributed by atoms with Crippen LogP contribution in [-0.4, -0.2) is 17.7 Å². The molecule has 0 aliphatic heterocycles. The number of ether oxygens (including phenoxy) is 1. The van der Waals surface area contributed by atoms with Crippen molar-refractivity contribution in [2.75, 3.05) is 6.61 Å². The normalized spacial score (nSPS) is 9.60. The molecule has 0 aliphatic rings. The molecule has 0 saturated heterocycles. The van der Waals surface area contributed by atoms with Crippen LogP contribution in [-0.2, 0) is 11.2 Å². The molecule has 15 heavy (non-hydrogen) atoms. The van der Waals surface area contributed by atoms with Gasteiger partial charge < -0.3 is 9.84 Å². The Kier molecular flexibility index (Phi) is 4.41. The summed E-state index contributed by atoms with van der Waals surface area (Å²) in [4.78, 5) is 10.5. The summed E-state index contributed by atoms with van der Waals surface area (Å²) in [6, 6.07) is 7.13. The summed E-state index contributed by atoms with van der Waals surface area (Å²) in [6.45, 7) is 4.16. The van der Waals surface area contributed by atoms with Gasteiger partial charge in [-0.2, -0.15) is 0 Å². The highest BCUT2D eigenvalue weighted by Crippen LogP contribution is 2.14. The molecule has 0 fully saturated rings.